The van der Waals surface area contributed by atoms with Gasteiger partial charge in [0, 0.05) is 18.3 Å². The number of aliphatic hydroxyl groups excluding tert-OH is 1. The van der Waals surface area contributed by atoms with Crippen LogP contribution in [-0.4, -0.2) is 29.8 Å². The summed E-state index contributed by atoms with van der Waals surface area (Å²) in [5.74, 6) is 0. The standard InChI is InChI=1S/C10H14N2O2/c13-6-8-2-1-3-12-10(8)9-7-14-5-4-11-9/h1-3,9,11,13H,4-7H2/t9-/m0/s1. The molecule has 0 spiro atoms. The lowest BCUT2D eigenvalue weighted by Gasteiger charge is -2.24. The summed E-state index contributed by atoms with van der Waals surface area (Å²) in [7, 11) is 0. The van der Waals surface area contributed by atoms with Crippen LogP contribution in [0.3, 0.4) is 0 Å². The van der Waals surface area contributed by atoms with Crippen molar-refractivity contribution >= 4 is 0 Å². The highest BCUT2D eigenvalue weighted by Gasteiger charge is 2.18. The zero-order valence-electron chi connectivity index (χ0n) is 7.94. The SMILES string of the molecule is OCc1cccnc1[C@@H]1COCCN1. The maximum absolute atomic E-state index is 9.14. The summed E-state index contributed by atoms with van der Waals surface area (Å²) in [6.07, 6.45) is 1.74. The normalized spacial score (nSPS) is 22.2. The van der Waals surface area contributed by atoms with Gasteiger partial charge in [0.05, 0.1) is 31.6 Å². The first-order valence-electron chi connectivity index (χ1n) is 4.77. The number of morpholine rings is 1. The molecule has 1 saturated heterocycles. The highest BCUT2D eigenvalue weighted by molar-refractivity contribution is 5.22. The quantitative estimate of drug-likeness (QED) is 0.708. The second-order valence-electron chi connectivity index (χ2n) is 3.29. The second kappa shape index (κ2) is 4.50. The van der Waals surface area contributed by atoms with Gasteiger partial charge in [0.2, 0.25) is 0 Å². The summed E-state index contributed by atoms with van der Waals surface area (Å²) >= 11 is 0. The van der Waals surface area contributed by atoms with Crippen LogP contribution >= 0.6 is 0 Å². The third kappa shape index (κ3) is 1.92. The Balaban J connectivity index is 2.20. The first-order chi connectivity index (χ1) is 6.92. The summed E-state index contributed by atoms with van der Waals surface area (Å²) in [6, 6.07) is 3.84. The fraction of sp³-hybridized carbons (Fsp3) is 0.500. The lowest BCUT2D eigenvalue weighted by molar-refractivity contribution is 0.0748. The van der Waals surface area contributed by atoms with Crippen LogP contribution in [0.5, 0.6) is 0 Å². The average Bonchev–Trinajstić information content (AvgIpc) is 2.30. The van der Waals surface area contributed by atoms with E-state index in [2.05, 4.69) is 10.3 Å². The molecule has 14 heavy (non-hydrogen) atoms. The lowest BCUT2D eigenvalue weighted by Crippen LogP contribution is -2.35. The number of rotatable bonds is 2. The van der Waals surface area contributed by atoms with Gasteiger partial charge in [-0.05, 0) is 6.07 Å². The predicted molar refractivity (Wildman–Crippen MR) is 51.7 cm³/mol. The fourth-order valence-electron chi connectivity index (χ4n) is 1.64. The number of aromatic nitrogens is 1. The topological polar surface area (TPSA) is 54.4 Å². The molecule has 1 aromatic heterocycles. The molecular formula is C10H14N2O2. The van der Waals surface area contributed by atoms with Crippen molar-refractivity contribution in [1.82, 2.24) is 10.3 Å². The first kappa shape index (κ1) is 9.58. The van der Waals surface area contributed by atoms with E-state index in [1.165, 1.54) is 0 Å². The molecule has 0 aromatic carbocycles. The summed E-state index contributed by atoms with van der Waals surface area (Å²) in [5, 5.41) is 12.5. The average molecular weight is 194 g/mol. The molecule has 2 heterocycles. The summed E-state index contributed by atoms with van der Waals surface area (Å²) in [5.41, 5.74) is 1.77. The summed E-state index contributed by atoms with van der Waals surface area (Å²) in [4.78, 5) is 4.27. The maximum Gasteiger partial charge on any atom is 0.0737 e. The Morgan fingerprint density at radius 3 is 3.29 bits per heavy atom. The van der Waals surface area contributed by atoms with Gasteiger partial charge in [0.1, 0.15) is 0 Å². The molecule has 0 radical (unpaired) electrons. The van der Waals surface area contributed by atoms with E-state index in [0.717, 1.165) is 24.4 Å². The zero-order valence-corrected chi connectivity index (χ0v) is 7.94. The molecule has 0 unspecified atom stereocenters. The third-order valence-electron chi connectivity index (χ3n) is 2.35. The van der Waals surface area contributed by atoms with E-state index in [1.807, 2.05) is 12.1 Å². The predicted octanol–water partition coefficient (Wildman–Crippen LogP) is 0.235. The van der Waals surface area contributed by atoms with Crippen molar-refractivity contribution in [2.24, 2.45) is 0 Å². The Hall–Kier alpha value is -0.970. The van der Waals surface area contributed by atoms with Crippen LogP contribution in [0.1, 0.15) is 17.3 Å². The smallest absolute Gasteiger partial charge is 0.0737 e. The van der Waals surface area contributed by atoms with Gasteiger partial charge in [-0.2, -0.15) is 0 Å². The van der Waals surface area contributed by atoms with Crippen molar-refractivity contribution in [3.8, 4) is 0 Å². The first-order valence-corrected chi connectivity index (χ1v) is 4.77. The van der Waals surface area contributed by atoms with E-state index >= 15 is 0 Å². The van der Waals surface area contributed by atoms with Crippen LogP contribution in [0.4, 0.5) is 0 Å². The van der Waals surface area contributed by atoms with E-state index in [9.17, 15) is 0 Å². The van der Waals surface area contributed by atoms with Crippen LogP contribution in [0, 0.1) is 0 Å². The fourth-order valence-corrected chi connectivity index (χ4v) is 1.64. The van der Waals surface area contributed by atoms with Crippen LogP contribution in [0.15, 0.2) is 18.3 Å². The Bertz CT molecular complexity index is 298. The molecule has 1 aliphatic rings. The van der Waals surface area contributed by atoms with E-state index in [0.29, 0.717) is 6.61 Å². The van der Waals surface area contributed by atoms with Crippen molar-refractivity contribution in [2.75, 3.05) is 19.8 Å². The van der Waals surface area contributed by atoms with Gasteiger partial charge in [-0.25, -0.2) is 0 Å². The number of hydrogen-bond donors (Lipinski definition) is 2. The third-order valence-corrected chi connectivity index (χ3v) is 2.35. The van der Waals surface area contributed by atoms with Gasteiger partial charge in [-0.3, -0.25) is 4.98 Å². The van der Waals surface area contributed by atoms with E-state index < -0.39 is 0 Å². The van der Waals surface area contributed by atoms with Gasteiger partial charge < -0.3 is 15.2 Å². The van der Waals surface area contributed by atoms with Crippen LogP contribution in [0.2, 0.25) is 0 Å². The zero-order chi connectivity index (χ0) is 9.80. The van der Waals surface area contributed by atoms with Crippen LogP contribution in [-0.2, 0) is 11.3 Å². The van der Waals surface area contributed by atoms with E-state index in [1.54, 1.807) is 6.20 Å². The summed E-state index contributed by atoms with van der Waals surface area (Å²) in [6.45, 7) is 2.25. The molecular weight excluding hydrogens is 180 g/mol. The minimum absolute atomic E-state index is 0.0291. The number of nitrogens with one attached hydrogen (secondary N) is 1. The number of hydrogen-bond acceptors (Lipinski definition) is 4. The van der Waals surface area contributed by atoms with E-state index in [-0.39, 0.29) is 12.6 Å². The number of ether oxygens (including phenoxy) is 1. The molecule has 0 bridgehead atoms. The van der Waals surface area contributed by atoms with Crippen LogP contribution < -0.4 is 5.32 Å². The number of aliphatic hydroxyl groups is 1. The van der Waals surface area contributed by atoms with Gasteiger partial charge in [0.15, 0.2) is 0 Å². The van der Waals surface area contributed by atoms with Gasteiger partial charge in [-0.1, -0.05) is 6.07 Å². The van der Waals surface area contributed by atoms with Crippen molar-refractivity contribution < 1.29 is 9.84 Å². The molecule has 1 aliphatic heterocycles. The lowest BCUT2D eigenvalue weighted by atomic mass is 10.1. The Morgan fingerprint density at radius 1 is 1.64 bits per heavy atom. The maximum atomic E-state index is 9.14. The molecule has 4 nitrogen and oxygen atoms in total. The van der Waals surface area contributed by atoms with Crippen molar-refractivity contribution in [3.63, 3.8) is 0 Å². The van der Waals surface area contributed by atoms with Crippen molar-refractivity contribution in [3.05, 3.63) is 29.6 Å². The monoisotopic (exact) mass is 194 g/mol. The molecule has 2 rings (SSSR count). The molecule has 2 N–H and O–H groups in total. The second-order valence-corrected chi connectivity index (χ2v) is 3.29. The molecule has 1 aromatic rings. The molecule has 1 fully saturated rings. The van der Waals surface area contributed by atoms with Gasteiger partial charge in [0.25, 0.3) is 0 Å². The highest BCUT2D eigenvalue weighted by Crippen LogP contribution is 2.17. The molecule has 0 aliphatic carbocycles. The van der Waals surface area contributed by atoms with E-state index in [4.69, 9.17) is 9.84 Å². The Morgan fingerprint density at radius 2 is 2.57 bits per heavy atom. The number of nitrogens with zero attached hydrogens (tertiary/aromatic N) is 1. The summed E-state index contributed by atoms with van der Waals surface area (Å²) < 4.78 is 5.35. The molecule has 4 heteroatoms. The van der Waals surface area contributed by atoms with Crippen molar-refractivity contribution in [1.29, 1.82) is 0 Å². The van der Waals surface area contributed by atoms with Crippen molar-refractivity contribution in [2.45, 2.75) is 12.6 Å². The highest BCUT2D eigenvalue weighted by atomic mass is 16.5. The van der Waals surface area contributed by atoms with Crippen LogP contribution in [0.25, 0.3) is 0 Å². The largest absolute Gasteiger partial charge is 0.392 e. The minimum atomic E-state index is 0.0291. The molecule has 0 saturated carbocycles. The van der Waals surface area contributed by atoms with Gasteiger partial charge >= 0.3 is 0 Å². The minimum Gasteiger partial charge on any atom is -0.392 e. The Labute approximate surface area is 82.9 Å². The molecule has 76 valence electrons. The van der Waals surface area contributed by atoms with Gasteiger partial charge in [-0.15, -0.1) is 0 Å². The number of pyridine rings is 1. The molecule has 1 atom stereocenters. The Kier molecular flexibility index (Phi) is 3.08. The molecule has 0 amide bonds.